The molecule has 1 aliphatic heterocycles. The van der Waals surface area contributed by atoms with E-state index in [0.717, 1.165) is 10.8 Å². The summed E-state index contributed by atoms with van der Waals surface area (Å²) in [6.07, 6.45) is 0.341. The summed E-state index contributed by atoms with van der Waals surface area (Å²) in [4.78, 5) is 38.9. The number of nitrogens with zero attached hydrogens (tertiary/aromatic N) is 1. The number of H-pyrrole nitrogens is 1. The molecule has 3 atom stereocenters. The lowest BCUT2D eigenvalue weighted by atomic mass is 10.0. The highest BCUT2D eigenvalue weighted by Crippen LogP contribution is 2.28. The summed E-state index contributed by atoms with van der Waals surface area (Å²) in [5, 5.41) is 14.4. The smallest absolute Gasteiger partial charge is 0.330 e. The molecular formula is C21H21N3O5. The first-order chi connectivity index (χ1) is 14.0. The third kappa shape index (κ3) is 3.59. The molecule has 0 bridgehead atoms. The third-order valence-electron chi connectivity index (χ3n) is 5.22. The predicted molar refractivity (Wildman–Crippen MR) is 107 cm³/mol. The van der Waals surface area contributed by atoms with Crippen molar-refractivity contribution in [1.82, 2.24) is 14.9 Å². The van der Waals surface area contributed by atoms with Crippen LogP contribution in [0, 0.1) is 6.92 Å². The number of carbonyl (C=O) groups excluding carboxylic acids is 1. The van der Waals surface area contributed by atoms with Crippen LogP contribution >= 0.6 is 0 Å². The molecular weight excluding hydrogens is 374 g/mol. The number of aromatic amines is 1. The lowest BCUT2D eigenvalue weighted by molar-refractivity contribution is -0.0287. The number of aromatic nitrogens is 2. The number of ether oxygens (including phenoxy) is 1. The Kier molecular flexibility index (Phi) is 5.04. The van der Waals surface area contributed by atoms with Gasteiger partial charge in [-0.25, -0.2) is 4.79 Å². The van der Waals surface area contributed by atoms with Crippen molar-refractivity contribution in [3.8, 4) is 0 Å². The largest absolute Gasteiger partial charge is 0.394 e. The molecule has 150 valence electrons. The van der Waals surface area contributed by atoms with Crippen LogP contribution in [0.2, 0.25) is 0 Å². The topological polar surface area (TPSA) is 113 Å². The molecule has 3 aromatic rings. The van der Waals surface area contributed by atoms with Crippen molar-refractivity contribution in [1.29, 1.82) is 0 Å². The van der Waals surface area contributed by atoms with Crippen molar-refractivity contribution >= 4 is 16.7 Å². The van der Waals surface area contributed by atoms with Crippen molar-refractivity contribution in [2.75, 3.05) is 6.61 Å². The normalized spacial score (nSPS) is 21.4. The molecule has 1 aromatic heterocycles. The minimum atomic E-state index is -0.701. The van der Waals surface area contributed by atoms with E-state index in [9.17, 15) is 19.5 Å². The second kappa shape index (κ2) is 7.65. The van der Waals surface area contributed by atoms with Crippen molar-refractivity contribution in [2.45, 2.75) is 31.7 Å². The predicted octanol–water partition coefficient (Wildman–Crippen LogP) is 1.08. The summed E-state index contributed by atoms with van der Waals surface area (Å²) in [5.74, 6) is -0.278. The maximum absolute atomic E-state index is 12.9. The molecule has 8 heteroatoms. The summed E-state index contributed by atoms with van der Waals surface area (Å²) in [6.45, 7) is 1.28. The Bertz CT molecular complexity index is 1180. The molecule has 1 saturated heterocycles. The SMILES string of the molecule is Cc1cn([C@H]2C[C@H](NC(=O)c3cccc4ccccc34)[C@@H](CO)O2)c(=O)[nH]c1=O. The van der Waals surface area contributed by atoms with Crippen LogP contribution < -0.4 is 16.6 Å². The van der Waals surface area contributed by atoms with Gasteiger partial charge in [0, 0.05) is 23.7 Å². The van der Waals surface area contributed by atoms with Gasteiger partial charge in [0.1, 0.15) is 12.3 Å². The number of hydrogen-bond acceptors (Lipinski definition) is 5. The van der Waals surface area contributed by atoms with Crippen LogP contribution in [-0.2, 0) is 4.74 Å². The van der Waals surface area contributed by atoms with E-state index in [1.54, 1.807) is 13.0 Å². The molecule has 1 amide bonds. The molecule has 29 heavy (non-hydrogen) atoms. The van der Waals surface area contributed by atoms with Crippen LogP contribution in [0.1, 0.15) is 28.6 Å². The van der Waals surface area contributed by atoms with E-state index in [1.165, 1.54) is 10.8 Å². The Hall–Kier alpha value is -3.23. The van der Waals surface area contributed by atoms with Gasteiger partial charge < -0.3 is 15.2 Å². The number of hydrogen-bond donors (Lipinski definition) is 3. The van der Waals surface area contributed by atoms with Gasteiger partial charge in [-0.15, -0.1) is 0 Å². The molecule has 8 nitrogen and oxygen atoms in total. The van der Waals surface area contributed by atoms with Gasteiger partial charge in [0.05, 0.1) is 12.6 Å². The Morgan fingerprint density at radius 1 is 1.24 bits per heavy atom. The molecule has 3 N–H and O–H groups in total. The van der Waals surface area contributed by atoms with Gasteiger partial charge in [-0.3, -0.25) is 19.1 Å². The molecule has 4 rings (SSSR count). The monoisotopic (exact) mass is 395 g/mol. The summed E-state index contributed by atoms with van der Waals surface area (Å²) >= 11 is 0. The van der Waals surface area contributed by atoms with Crippen molar-refractivity contribution in [2.24, 2.45) is 0 Å². The summed E-state index contributed by atoms with van der Waals surface area (Å²) in [5.41, 5.74) is -0.149. The Labute approximate surface area is 165 Å². The number of aliphatic hydroxyl groups is 1. The summed E-state index contributed by atoms with van der Waals surface area (Å²) < 4.78 is 7.07. The minimum absolute atomic E-state index is 0.278. The zero-order valence-corrected chi connectivity index (χ0v) is 15.8. The van der Waals surface area contributed by atoms with Crippen LogP contribution in [0.15, 0.2) is 58.3 Å². The lowest BCUT2D eigenvalue weighted by Gasteiger charge is -2.18. The van der Waals surface area contributed by atoms with E-state index in [4.69, 9.17) is 4.74 Å². The first kappa shape index (κ1) is 19.1. The fourth-order valence-electron chi connectivity index (χ4n) is 3.69. The standard InChI is InChI=1S/C21H21N3O5/c1-12-10-24(21(28)23-19(12)26)18-9-16(17(11-25)29-18)22-20(27)15-8-4-6-13-5-2-3-7-14(13)15/h2-8,10,16-18,25H,9,11H2,1H3,(H,22,27)(H,23,26,28)/t16-,17+,18+/m0/s1. The van der Waals surface area contributed by atoms with Crippen LogP contribution in [0.3, 0.4) is 0 Å². The van der Waals surface area contributed by atoms with Crippen LogP contribution in [0.4, 0.5) is 0 Å². The number of aliphatic hydroxyl groups excluding tert-OH is 1. The molecule has 0 saturated carbocycles. The number of rotatable bonds is 4. The maximum atomic E-state index is 12.9. The van der Waals surface area contributed by atoms with E-state index in [0.29, 0.717) is 11.1 Å². The van der Waals surface area contributed by atoms with E-state index < -0.39 is 29.6 Å². The fraction of sp³-hybridized carbons (Fsp3) is 0.286. The Morgan fingerprint density at radius 2 is 2.00 bits per heavy atom. The van der Waals surface area contributed by atoms with Crippen LogP contribution in [0.5, 0.6) is 0 Å². The minimum Gasteiger partial charge on any atom is -0.394 e. The number of carbonyl (C=O) groups is 1. The first-order valence-electron chi connectivity index (χ1n) is 9.35. The van der Waals surface area contributed by atoms with Gasteiger partial charge >= 0.3 is 5.69 Å². The van der Waals surface area contributed by atoms with E-state index in [1.807, 2.05) is 36.4 Å². The highest BCUT2D eigenvalue weighted by Gasteiger charge is 2.37. The zero-order valence-electron chi connectivity index (χ0n) is 15.8. The van der Waals surface area contributed by atoms with E-state index in [-0.39, 0.29) is 18.9 Å². The molecule has 0 unspecified atom stereocenters. The maximum Gasteiger partial charge on any atom is 0.330 e. The molecule has 1 aliphatic rings. The molecule has 0 spiro atoms. The molecule has 0 aliphatic carbocycles. The average molecular weight is 395 g/mol. The Balaban J connectivity index is 1.59. The van der Waals surface area contributed by atoms with Gasteiger partial charge in [-0.05, 0) is 23.8 Å². The highest BCUT2D eigenvalue weighted by atomic mass is 16.5. The number of nitrogens with one attached hydrogen (secondary N) is 2. The van der Waals surface area contributed by atoms with Gasteiger partial charge in [-0.1, -0.05) is 36.4 Å². The average Bonchev–Trinajstić information content (AvgIpc) is 3.12. The third-order valence-corrected chi connectivity index (χ3v) is 5.22. The van der Waals surface area contributed by atoms with Crippen molar-refractivity contribution in [3.05, 3.63) is 80.6 Å². The second-order valence-electron chi connectivity index (χ2n) is 7.13. The van der Waals surface area contributed by atoms with Gasteiger partial charge in [0.15, 0.2) is 0 Å². The van der Waals surface area contributed by atoms with Gasteiger partial charge in [0.2, 0.25) is 0 Å². The molecule has 2 heterocycles. The number of aryl methyl sites for hydroxylation is 1. The van der Waals surface area contributed by atoms with Crippen LogP contribution in [0.25, 0.3) is 10.8 Å². The molecule has 0 radical (unpaired) electrons. The van der Waals surface area contributed by atoms with Gasteiger partial charge in [-0.2, -0.15) is 0 Å². The fourth-order valence-corrected chi connectivity index (χ4v) is 3.69. The van der Waals surface area contributed by atoms with Gasteiger partial charge in [0.25, 0.3) is 11.5 Å². The van der Waals surface area contributed by atoms with E-state index in [2.05, 4.69) is 10.3 Å². The first-order valence-corrected chi connectivity index (χ1v) is 9.35. The zero-order chi connectivity index (χ0) is 20.5. The summed E-state index contributed by atoms with van der Waals surface area (Å²) in [6, 6.07) is 12.6. The summed E-state index contributed by atoms with van der Waals surface area (Å²) in [7, 11) is 0. The van der Waals surface area contributed by atoms with Crippen molar-refractivity contribution < 1.29 is 14.6 Å². The van der Waals surface area contributed by atoms with Crippen LogP contribution in [-0.4, -0.2) is 39.3 Å². The number of benzene rings is 2. The second-order valence-corrected chi connectivity index (χ2v) is 7.13. The molecule has 1 fully saturated rings. The quantitative estimate of drug-likeness (QED) is 0.612. The number of fused-ring (bicyclic) bond motifs is 1. The van der Waals surface area contributed by atoms with E-state index >= 15 is 0 Å². The molecule has 2 aromatic carbocycles. The Morgan fingerprint density at radius 3 is 2.79 bits per heavy atom. The van der Waals surface area contributed by atoms with Crippen molar-refractivity contribution in [3.63, 3.8) is 0 Å². The number of amides is 1. The lowest BCUT2D eigenvalue weighted by Crippen LogP contribution is -2.42. The highest BCUT2D eigenvalue weighted by molar-refractivity contribution is 6.07.